The minimum absolute atomic E-state index is 0.518. The van der Waals surface area contributed by atoms with Gasteiger partial charge in [0.05, 0.1) is 0 Å². The average molecular weight is 310 g/mol. The molecule has 0 aliphatic carbocycles. The molecule has 110 valence electrons. The third kappa shape index (κ3) is 3.62. The summed E-state index contributed by atoms with van der Waals surface area (Å²) >= 11 is 5.97. The van der Waals surface area contributed by atoms with Gasteiger partial charge in [0, 0.05) is 24.0 Å². The first-order chi connectivity index (χ1) is 10.7. The third-order valence-electron chi connectivity index (χ3n) is 3.33. The lowest BCUT2D eigenvalue weighted by Gasteiger charge is -2.08. The van der Waals surface area contributed by atoms with Gasteiger partial charge in [0.15, 0.2) is 0 Å². The van der Waals surface area contributed by atoms with E-state index < -0.39 is 0 Å². The van der Waals surface area contributed by atoms with E-state index in [9.17, 15) is 0 Å². The Morgan fingerprint density at radius 3 is 2.50 bits per heavy atom. The molecule has 3 aromatic rings. The standard InChI is InChI=1S/C18H16ClN3/c1-13-9-14(10-17(19)22-13)11-20-18-8-7-16(12-21-18)15-5-3-2-4-6-15/h2-10,12H,11H2,1H3,(H,20,21). The second-order valence-corrected chi connectivity index (χ2v) is 5.48. The van der Waals surface area contributed by atoms with E-state index in [-0.39, 0.29) is 0 Å². The average Bonchev–Trinajstić information content (AvgIpc) is 2.53. The Labute approximate surface area is 135 Å². The fraction of sp³-hybridized carbons (Fsp3) is 0.111. The van der Waals surface area contributed by atoms with Crippen LogP contribution in [0.15, 0.2) is 60.8 Å². The first kappa shape index (κ1) is 14.5. The van der Waals surface area contributed by atoms with Gasteiger partial charge < -0.3 is 5.32 Å². The van der Waals surface area contributed by atoms with E-state index >= 15 is 0 Å². The zero-order chi connectivity index (χ0) is 15.4. The summed E-state index contributed by atoms with van der Waals surface area (Å²) in [5, 5.41) is 3.81. The van der Waals surface area contributed by atoms with Crippen LogP contribution in [-0.4, -0.2) is 9.97 Å². The maximum atomic E-state index is 5.97. The van der Waals surface area contributed by atoms with E-state index in [0.29, 0.717) is 11.7 Å². The van der Waals surface area contributed by atoms with Gasteiger partial charge in [-0.25, -0.2) is 9.97 Å². The van der Waals surface area contributed by atoms with Crippen LogP contribution in [-0.2, 0) is 6.54 Å². The van der Waals surface area contributed by atoms with E-state index in [2.05, 4.69) is 33.5 Å². The Bertz CT molecular complexity index is 735. The molecule has 0 fully saturated rings. The van der Waals surface area contributed by atoms with Crippen LogP contribution in [0.5, 0.6) is 0 Å². The van der Waals surface area contributed by atoms with Gasteiger partial charge in [-0.1, -0.05) is 41.9 Å². The molecule has 1 N–H and O–H groups in total. The molecule has 2 aromatic heterocycles. The fourth-order valence-electron chi connectivity index (χ4n) is 2.29. The predicted octanol–water partition coefficient (Wildman–Crippen LogP) is 4.72. The summed E-state index contributed by atoms with van der Waals surface area (Å²) in [6.45, 7) is 2.60. The fourth-order valence-corrected chi connectivity index (χ4v) is 2.56. The number of halogens is 1. The molecule has 0 radical (unpaired) electrons. The van der Waals surface area contributed by atoms with Crippen molar-refractivity contribution < 1.29 is 0 Å². The van der Waals surface area contributed by atoms with Crippen LogP contribution in [0.25, 0.3) is 11.1 Å². The summed E-state index contributed by atoms with van der Waals surface area (Å²) in [6.07, 6.45) is 1.88. The topological polar surface area (TPSA) is 37.8 Å². The number of hydrogen-bond donors (Lipinski definition) is 1. The molecule has 2 heterocycles. The van der Waals surface area contributed by atoms with E-state index in [0.717, 1.165) is 28.2 Å². The van der Waals surface area contributed by atoms with Crippen LogP contribution >= 0.6 is 11.6 Å². The van der Waals surface area contributed by atoms with E-state index in [1.165, 1.54) is 0 Å². The van der Waals surface area contributed by atoms with Crippen molar-refractivity contribution in [3.8, 4) is 11.1 Å². The normalized spacial score (nSPS) is 10.5. The Morgan fingerprint density at radius 2 is 1.82 bits per heavy atom. The molecule has 4 heteroatoms. The highest BCUT2D eigenvalue weighted by Gasteiger charge is 2.01. The Kier molecular flexibility index (Phi) is 4.35. The van der Waals surface area contributed by atoms with Crippen molar-refractivity contribution in [3.05, 3.63) is 77.2 Å². The van der Waals surface area contributed by atoms with Crippen molar-refractivity contribution in [1.82, 2.24) is 9.97 Å². The van der Waals surface area contributed by atoms with Gasteiger partial charge in [-0.3, -0.25) is 0 Å². The van der Waals surface area contributed by atoms with Crippen LogP contribution in [0.1, 0.15) is 11.3 Å². The molecule has 0 spiro atoms. The maximum Gasteiger partial charge on any atom is 0.129 e. The molecule has 22 heavy (non-hydrogen) atoms. The number of anilines is 1. The number of aromatic nitrogens is 2. The highest BCUT2D eigenvalue weighted by molar-refractivity contribution is 6.29. The second kappa shape index (κ2) is 6.58. The predicted molar refractivity (Wildman–Crippen MR) is 91.0 cm³/mol. The monoisotopic (exact) mass is 309 g/mol. The minimum Gasteiger partial charge on any atom is -0.366 e. The molecule has 0 unspecified atom stereocenters. The van der Waals surface area contributed by atoms with Gasteiger partial charge in [0.2, 0.25) is 0 Å². The molecular formula is C18H16ClN3. The van der Waals surface area contributed by atoms with Crippen molar-refractivity contribution in [2.45, 2.75) is 13.5 Å². The summed E-state index contributed by atoms with van der Waals surface area (Å²) in [4.78, 5) is 8.61. The lowest BCUT2D eigenvalue weighted by atomic mass is 10.1. The van der Waals surface area contributed by atoms with Gasteiger partial charge in [0.1, 0.15) is 11.0 Å². The minimum atomic E-state index is 0.518. The van der Waals surface area contributed by atoms with Crippen LogP contribution in [0, 0.1) is 6.92 Å². The summed E-state index contributed by atoms with van der Waals surface area (Å²) in [5.74, 6) is 0.838. The first-order valence-corrected chi connectivity index (χ1v) is 7.47. The van der Waals surface area contributed by atoms with Gasteiger partial charge in [-0.05, 0) is 42.3 Å². The van der Waals surface area contributed by atoms with Crippen molar-refractivity contribution in [1.29, 1.82) is 0 Å². The lowest BCUT2D eigenvalue weighted by molar-refractivity contribution is 1.08. The Morgan fingerprint density at radius 1 is 1.00 bits per heavy atom. The van der Waals surface area contributed by atoms with Gasteiger partial charge in [-0.15, -0.1) is 0 Å². The molecule has 0 amide bonds. The van der Waals surface area contributed by atoms with Gasteiger partial charge >= 0.3 is 0 Å². The SMILES string of the molecule is Cc1cc(CNc2ccc(-c3ccccc3)cn2)cc(Cl)n1. The molecule has 0 aliphatic rings. The number of nitrogens with one attached hydrogen (secondary N) is 1. The van der Waals surface area contributed by atoms with Gasteiger partial charge in [-0.2, -0.15) is 0 Å². The summed E-state index contributed by atoms with van der Waals surface area (Å²) in [5.41, 5.74) is 4.27. The molecular weight excluding hydrogens is 294 g/mol. The molecule has 3 nitrogen and oxygen atoms in total. The van der Waals surface area contributed by atoms with E-state index in [4.69, 9.17) is 11.6 Å². The number of hydrogen-bond acceptors (Lipinski definition) is 3. The Balaban J connectivity index is 1.69. The molecule has 0 saturated heterocycles. The molecule has 0 aliphatic heterocycles. The zero-order valence-corrected chi connectivity index (χ0v) is 13.0. The summed E-state index contributed by atoms with van der Waals surface area (Å²) < 4.78 is 0. The molecule has 0 bridgehead atoms. The van der Waals surface area contributed by atoms with Gasteiger partial charge in [0.25, 0.3) is 0 Å². The van der Waals surface area contributed by atoms with Crippen LogP contribution in [0.3, 0.4) is 0 Å². The molecule has 1 aromatic carbocycles. The Hall–Kier alpha value is -2.39. The second-order valence-electron chi connectivity index (χ2n) is 5.09. The van der Waals surface area contributed by atoms with E-state index in [1.54, 1.807) is 0 Å². The van der Waals surface area contributed by atoms with Crippen LogP contribution in [0.2, 0.25) is 5.15 Å². The maximum absolute atomic E-state index is 5.97. The van der Waals surface area contributed by atoms with E-state index in [1.807, 2.05) is 49.5 Å². The highest BCUT2D eigenvalue weighted by atomic mass is 35.5. The number of nitrogens with zero attached hydrogens (tertiary/aromatic N) is 2. The van der Waals surface area contributed by atoms with Crippen molar-refractivity contribution in [2.75, 3.05) is 5.32 Å². The van der Waals surface area contributed by atoms with Crippen molar-refractivity contribution in [3.63, 3.8) is 0 Å². The van der Waals surface area contributed by atoms with Crippen molar-refractivity contribution >= 4 is 17.4 Å². The van der Waals surface area contributed by atoms with Crippen LogP contribution in [0.4, 0.5) is 5.82 Å². The zero-order valence-electron chi connectivity index (χ0n) is 12.3. The number of aryl methyl sites for hydroxylation is 1. The number of pyridine rings is 2. The molecule has 3 rings (SSSR count). The number of rotatable bonds is 4. The third-order valence-corrected chi connectivity index (χ3v) is 3.52. The van der Waals surface area contributed by atoms with Crippen molar-refractivity contribution in [2.24, 2.45) is 0 Å². The smallest absolute Gasteiger partial charge is 0.129 e. The quantitative estimate of drug-likeness (QED) is 0.709. The summed E-state index contributed by atoms with van der Waals surface area (Å²) in [6, 6.07) is 18.1. The first-order valence-electron chi connectivity index (χ1n) is 7.09. The summed E-state index contributed by atoms with van der Waals surface area (Å²) in [7, 11) is 0. The lowest BCUT2D eigenvalue weighted by Crippen LogP contribution is -2.02. The molecule has 0 saturated carbocycles. The van der Waals surface area contributed by atoms with Crippen LogP contribution < -0.4 is 5.32 Å². The number of benzene rings is 1. The largest absolute Gasteiger partial charge is 0.366 e. The molecule has 0 atom stereocenters. The highest BCUT2D eigenvalue weighted by Crippen LogP contribution is 2.19.